The lowest BCUT2D eigenvalue weighted by molar-refractivity contribution is 0.0696. The highest BCUT2D eigenvalue weighted by Crippen LogP contribution is 2.26. The first-order chi connectivity index (χ1) is 8.56. The molecule has 0 aliphatic heterocycles. The lowest BCUT2D eigenvalue weighted by Gasteiger charge is -2.07. The Kier molecular flexibility index (Phi) is 3.66. The summed E-state index contributed by atoms with van der Waals surface area (Å²) in [6.07, 6.45) is 1.82. The molecule has 2 aromatic rings. The molecule has 1 heterocycles. The van der Waals surface area contributed by atoms with Crippen molar-refractivity contribution in [1.82, 2.24) is 9.78 Å². The summed E-state index contributed by atoms with van der Waals surface area (Å²) in [5, 5.41) is 13.1. The summed E-state index contributed by atoms with van der Waals surface area (Å²) in [7, 11) is 1.82. The van der Waals surface area contributed by atoms with Gasteiger partial charge in [0.1, 0.15) is 12.4 Å². The monoisotopic (exact) mass is 310 g/mol. The van der Waals surface area contributed by atoms with E-state index in [0.717, 1.165) is 5.69 Å². The van der Waals surface area contributed by atoms with Crippen LogP contribution in [0.4, 0.5) is 0 Å². The number of halogens is 1. The Balaban J connectivity index is 2.13. The van der Waals surface area contributed by atoms with E-state index in [4.69, 9.17) is 9.84 Å². The van der Waals surface area contributed by atoms with Crippen LogP contribution in [0, 0.1) is 0 Å². The van der Waals surface area contributed by atoms with Crippen molar-refractivity contribution in [3.05, 3.63) is 46.2 Å². The van der Waals surface area contributed by atoms with Crippen molar-refractivity contribution >= 4 is 21.9 Å². The van der Waals surface area contributed by atoms with Crippen molar-refractivity contribution in [3.8, 4) is 5.75 Å². The highest BCUT2D eigenvalue weighted by molar-refractivity contribution is 9.10. The van der Waals surface area contributed by atoms with Crippen LogP contribution < -0.4 is 4.74 Å². The Morgan fingerprint density at radius 1 is 1.50 bits per heavy atom. The summed E-state index contributed by atoms with van der Waals surface area (Å²) >= 11 is 3.31. The summed E-state index contributed by atoms with van der Waals surface area (Å²) in [5.74, 6) is -0.495. The third-order valence-corrected chi connectivity index (χ3v) is 2.98. The molecule has 0 radical (unpaired) electrons. The number of aryl methyl sites for hydroxylation is 1. The van der Waals surface area contributed by atoms with E-state index in [2.05, 4.69) is 21.0 Å². The summed E-state index contributed by atoms with van der Waals surface area (Å²) in [4.78, 5) is 10.9. The van der Waals surface area contributed by atoms with Gasteiger partial charge in [-0.25, -0.2) is 4.79 Å². The molecule has 0 unspecified atom stereocenters. The van der Waals surface area contributed by atoms with E-state index in [9.17, 15) is 4.79 Å². The number of hydrogen-bond acceptors (Lipinski definition) is 3. The number of ether oxygens (including phenoxy) is 1. The average molecular weight is 311 g/mol. The fourth-order valence-corrected chi connectivity index (χ4v) is 1.80. The van der Waals surface area contributed by atoms with Gasteiger partial charge in [-0.1, -0.05) is 0 Å². The van der Waals surface area contributed by atoms with E-state index in [0.29, 0.717) is 16.8 Å². The highest BCUT2D eigenvalue weighted by Gasteiger charge is 2.08. The van der Waals surface area contributed by atoms with Crippen LogP contribution in [0.5, 0.6) is 5.75 Å². The molecule has 0 spiro atoms. The molecule has 0 saturated heterocycles. The first kappa shape index (κ1) is 12.6. The molecule has 0 amide bonds. The Hall–Kier alpha value is -1.82. The van der Waals surface area contributed by atoms with Crippen LogP contribution in [0.15, 0.2) is 34.9 Å². The van der Waals surface area contributed by atoms with Crippen molar-refractivity contribution in [2.75, 3.05) is 0 Å². The minimum Gasteiger partial charge on any atom is -0.486 e. The second-order valence-corrected chi connectivity index (χ2v) is 4.57. The van der Waals surface area contributed by atoms with Crippen LogP contribution in [-0.2, 0) is 13.7 Å². The van der Waals surface area contributed by atoms with Crippen LogP contribution in [0.1, 0.15) is 16.1 Å². The zero-order chi connectivity index (χ0) is 13.1. The topological polar surface area (TPSA) is 64.3 Å². The largest absolute Gasteiger partial charge is 0.486 e. The number of carboxylic acids is 1. The first-order valence-corrected chi connectivity index (χ1v) is 6.00. The maximum atomic E-state index is 10.9. The molecule has 6 heteroatoms. The number of aromatic carboxylic acids is 1. The molecule has 2 rings (SSSR count). The maximum Gasteiger partial charge on any atom is 0.335 e. The van der Waals surface area contributed by atoms with Gasteiger partial charge in [0.15, 0.2) is 0 Å². The number of benzene rings is 1. The van der Waals surface area contributed by atoms with Crippen LogP contribution in [0.3, 0.4) is 0 Å². The second kappa shape index (κ2) is 5.22. The highest BCUT2D eigenvalue weighted by atomic mass is 79.9. The zero-order valence-corrected chi connectivity index (χ0v) is 11.2. The number of hydrogen-bond donors (Lipinski definition) is 1. The molecule has 1 N–H and O–H groups in total. The van der Waals surface area contributed by atoms with E-state index in [1.54, 1.807) is 10.7 Å². The Bertz CT molecular complexity index is 580. The van der Waals surface area contributed by atoms with Gasteiger partial charge in [-0.05, 0) is 40.2 Å². The number of carboxylic acid groups (broad SMARTS) is 1. The van der Waals surface area contributed by atoms with Crippen LogP contribution in [0.25, 0.3) is 0 Å². The van der Waals surface area contributed by atoms with E-state index in [1.807, 2.05) is 19.3 Å². The molecule has 94 valence electrons. The molecule has 0 saturated carbocycles. The van der Waals surface area contributed by atoms with E-state index >= 15 is 0 Å². The van der Waals surface area contributed by atoms with Crippen molar-refractivity contribution in [1.29, 1.82) is 0 Å². The van der Waals surface area contributed by atoms with Crippen LogP contribution in [0.2, 0.25) is 0 Å². The molecule has 5 nitrogen and oxygen atoms in total. The Morgan fingerprint density at radius 2 is 2.28 bits per heavy atom. The molecular weight excluding hydrogens is 300 g/mol. The number of nitrogens with zero attached hydrogens (tertiary/aromatic N) is 2. The van der Waals surface area contributed by atoms with E-state index in [1.165, 1.54) is 12.1 Å². The van der Waals surface area contributed by atoms with E-state index < -0.39 is 5.97 Å². The summed E-state index contributed by atoms with van der Waals surface area (Å²) < 4.78 is 7.93. The van der Waals surface area contributed by atoms with Crippen molar-refractivity contribution < 1.29 is 14.6 Å². The van der Waals surface area contributed by atoms with Gasteiger partial charge in [0.25, 0.3) is 0 Å². The molecule has 0 atom stereocenters. The predicted molar refractivity (Wildman–Crippen MR) is 68.6 cm³/mol. The standard InChI is InChI=1S/C12H11BrN2O3/c1-15-5-4-9(14-15)7-18-11-6-8(12(16)17)2-3-10(11)13/h2-6H,7H2,1H3,(H,16,17). The SMILES string of the molecule is Cn1ccc(COc2cc(C(=O)O)ccc2Br)n1. The molecule has 1 aromatic carbocycles. The van der Waals surface area contributed by atoms with Gasteiger partial charge in [0.05, 0.1) is 15.7 Å². The summed E-state index contributed by atoms with van der Waals surface area (Å²) in [6, 6.07) is 6.49. The number of rotatable bonds is 4. The molecule has 0 aliphatic rings. The minimum absolute atomic E-state index is 0.189. The van der Waals surface area contributed by atoms with Gasteiger partial charge in [0.2, 0.25) is 0 Å². The maximum absolute atomic E-state index is 10.9. The predicted octanol–water partition coefficient (Wildman–Crippen LogP) is 2.46. The normalized spacial score (nSPS) is 10.3. The minimum atomic E-state index is -0.981. The Labute approximate surface area is 112 Å². The zero-order valence-electron chi connectivity index (χ0n) is 9.63. The third-order valence-electron chi connectivity index (χ3n) is 2.32. The molecule has 18 heavy (non-hydrogen) atoms. The van der Waals surface area contributed by atoms with Gasteiger partial charge in [-0.3, -0.25) is 4.68 Å². The molecule has 0 bridgehead atoms. The first-order valence-electron chi connectivity index (χ1n) is 5.20. The van der Waals surface area contributed by atoms with Gasteiger partial charge >= 0.3 is 5.97 Å². The summed E-state index contributed by atoms with van der Waals surface area (Å²) in [5.41, 5.74) is 0.972. The average Bonchev–Trinajstić information content (AvgIpc) is 2.74. The van der Waals surface area contributed by atoms with E-state index in [-0.39, 0.29) is 5.56 Å². The lowest BCUT2D eigenvalue weighted by atomic mass is 10.2. The second-order valence-electron chi connectivity index (χ2n) is 3.72. The fraction of sp³-hybridized carbons (Fsp3) is 0.167. The van der Waals surface area contributed by atoms with Gasteiger partial charge in [0, 0.05) is 13.2 Å². The fourth-order valence-electron chi connectivity index (χ4n) is 1.44. The van der Waals surface area contributed by atoms with Crippen LogP contribution >= 0.6 is 15.9 Å². The van der Waals surface area contributed by atoms with Gasteiger partial charge in [-0.2, -0.15) is 5.10 Å². The third kappa shape index (κ3) is 2.89. The lowest BCUT2D eigenvalue weighted by Crippen LogP contribution is -2.01. The number of aromatic nitrogens is 2. The van der Waals surface area contributed by atoms with Gasteiger partial charge in [-0.15, -0.1) is 0 Å². The van der Waals surface area contributed by atoms with Gasteiger partial charge < -0.3 is 9.84 Å². The number of carbonyl (C=O) groups is 1. The molecular formula is C12H11BrN2O3. The molecule has 0 fully saturated rings. The summed E-state index contributed by atoms with van der Waals surface area (Å²) in [6.45, 7) is 0.294. The molecule has 0 aliphatic carbocycles. The van der Waals surface area contributed by atoms with Crippen LogP contribution in [-0.4, -0.2) is 20.9 Å². The quantitative estimate of drug-likeness (QED) is 0.942. The Morgan fingerprint density at radius 3 is 2.89 bits per heavy atom. The smallest absolute Gasteiger partial charge is 0.335 e. The molecule has 1 aromatic heterocycles. The van der Waals surface area contributed by atoms with Crippen molar-refractivity contribution in [2.45, 2.75) is 6.61 Å². The van der Waals surface area contributed by atoms with Crippen molar-refractivity contribution in [3.63, 3.8) is 0 Å². The van der Waals surface area contributed by atoms with Crippen molar-refractivity contribution in [2.24, 2.45) is 7.05 Å².